The number of likely N-dealkylation sites (tertiary alicyclic amines) is 1. The van der Waals surface area contributed by atoms with Crippen molar-refractivity contribution >= 4 is 93.9 Å². The third-order valence-electron chi connectivity index (χ3n) is 10.7. The number of Topliss-reactive ketones (excluding diaryl/α,β-unsaturated/α-hetero) is 1. The van der Waals surface area contributed by atoms with Crippen molar-refractivity contribution in [3.8, 4) is 0 Å². The van der Waals surface area contributed by atoms with Crippen LogP contribution < -0.4 is 27.0 Å². The fourth-order valence-electron chi connectivity index (χ4n) is 7.74. The Hall–Kier alpha value is -4.32. The topological polar surface area (TPSA) is 234 Å². The number of allylic oxidation sites excluding steroid dienone is 5. The van der Waals surface area contributed by atoms with Gasteiger partial charge in [-0.15, -0.1) is 23.5 Å². The van der Waals surface area contributed by atoms with Crippen molar-refractivity contribution in [2.75, 3.05) is 24.6 Å². The second-order valence-corrected chi connectivity index (χ2v) is 18.8. The minimum atomic E-state index is -1.47. The summed E-state index contributed by atoms with van der Waals surface area (Å²) in [6.45, 7) is 1.28. The van der Waals surface area contributed by atoms with Gasteiger partial charge >= 0.3 is 5.97 Å². The summed E-state index contributed by atoms with van der Waals surface area (Å²) >= 11 is 15.6. The van der Waals surface area contributed by atoms with Crippen LogP contribution in [-0.2, 0) is 28.8 Å². The number of hydrogen-bond donors (Lipinski definition) is 6. The Kier molecular flexibility index (Phi) is 16.1. The third kappa shape index (κ3) is 11.3. The normalized spacial score (nSPS) is 20.6. The van der Waals surface area contributed by atoms with Crippen molar-refractivity contribution in [3.63, 3.8) is 0 Å². The smallest absolute Gasteiger partial charge is 0.338 e. The Bertz CT molecular complexity index is 1960. The van der Waals surface area contributed by atoms with Crippen LogP contribution in [-0.4, -0.2) is 104 Å². The number of amides is 6. The quantitative estimate of drug-likeness (QED) is 0.109. The highest BCUT2D eigenvalue weighted by molar-refractivity contribution is 8.18. The lowest BCUT2D eigenvalue weighted by Gasteiger charge is -2.35. The zero-order valence-corrected chi connectivity index (χ0v) is 35.6. The third-order valence-corrected chi connectivity index (χ3v) is 14.8. The number of hydrogen-bond acceptors (Lipinski definition) is 10. The molecule has 0 bridgehead atoms. The molecule has 59 heavy (non-hydrogen) atoms. The summed E-state index contributed by atoms with van der Waals surface area (Å²) in [5.74, 6) is -5.99. The van der Waals surface area contributed by atoms with Crippen LogP contribution in [0.15, 0.2) is 47.7 Å². The molecule has 1 aromatic carbocycles. The lowest BCUT2D eigenvalue weighted by atomic mass is 9.83. The zero-order valence-electron chi connectivity index (χ0n) is 32.5. The number of carboxylic acid groups (broad SMARTS) is 1. The Morgan fingerprint density at radius 2 is 1.69 bits per heavy atom. The summed E-state index contributed by atoms with van der Waals surface area (Å²) in [6.07, 6.45) is 12.6. The molecule has 2 saturated heterocycles. The van der Waals surface area contributed by atoms with E-state index in [4.69, 9.17) is 28.9 Å². The van der Waals surface area contributed by atoms with Crippen LogP contribution in [0, 0.1) is 5.92 Å². The molecule has 318 valence electrons. The van der Waals surface area contributed by atoms with Gasteiger partial charge < -0.3 is 37.0 Å². The zero-order chi connectivity index (χ0) is 42.9. The molecule has 5 rings (SSSR count). The van der Waals surface area contributed by atoms with Crippen LogP contribution >= 0.6 is 46.7 Å². The summed E-state index contributed by atoms with van der Waals surface area (Å²) in [6, 6.07) is -0.949. The number of benzene rings is 1. The van der Waals surface area contributed by atoms with Crippen LogP contribution in [0.5, 0.6) is 0 Å². The summed E-state index contributed by atoms with van der Waals surface area (Å²) in [5.41, 5.74) is 5.02. The van der Waals surface area contributed by atoms with Crippen molar-refractivity contribution in [2.24, 2.45) is 11.7 Å². The monoisotopic (exact) mass is 890 g/mol. The molecule has 2 heterocycles. The van der Waals surface area contributed by atoms with Crippen molar-refractivity contribution in [1.82, 2.24) is 26.2 Å². The molecule has 7 N–H and O–H groups in total. The van der Waals surface area contributed by atoms with E-state index in [2.05, 4.69) is 21.3 Å². The van der Waals surface area contributed by atoms with Crippen LogP contribution in [0.25, 0.3) is 0 Å². The van der Waals surface area contributed by atoms with Gasteiger partial charge in [-0.25, -0.2) is 4.79 Å². The number of ketones is 1. The molecule has 2 aliphatic heterocycles. The Balaban J connectivity index is 1.35. The summed E-state index contributed by atoms with van der Waals surface area (Å²) in [4.78, 5) is 108. The molecule has 4 aliphatic rings. The van der Waals surface area contributed by atoms with E-state index in [9.17, 15) is 43.5 Å². The van der Waals surface area contributed by atoms with Crippen molar-refractivity contribution < 1.29 is 43.5 Å². The maximum absolute atomic E-state index is 14.9. The molecule has 15 nitrogen and oxygen atoms in total. The molecule has 1 saturated carbocycles. The highest BCUT2D eigenvalue weighted by atomic mass is 35.5. The lowest BCUT2D eigenvalue weighted by Crippen LogP contribution is -2.58. The molecule has 3 fully saturated rings. The number of nitrogens with zero attached hydrogens (tertiary/aromatic N) is 1. The first-order valence-corrected chi connectivity index (χ1v) is 22.3. The lowest BCUT2D eigenvalue weighted by molar-refractivity contribution is -0.143. The van der Waals surface area contributed by atoms with Gasteiger partial charge in [0, 0.05) is 13.0 Å². The van der Waals surface area contributed by atoms with Gasteiger partial charge in [-0.2, -0.15) is 0 Å². The molecule has 1 spiro atoms. The molecular weight excluding hydrogens is 844 g/mol. The number of thioether (sulfide) groups is 2. The van der Waals surface area contributed by atoms with Gasteiger partial charge in [-0.3, -0.25) is 33.6 Å². The first kappa shape index (κ1) is 45.8. The van der Waals surface area contributed by atoms with Gasteiger partial charge in [0.15, 0.2) is 0 Å². The number of nitrogens with two attached hydrogens (primary N) is 1. The summed E-state index contributed by atoms with van der Waals surface area (Å²) in [5, 5.41) is 19.7. The molecule has 0 aromatic heterocycles. The van der Waals surface area contributed by atoms with E-state index in [0.717, 1.165) is 37.2 Å². The molecule has 3 atom stereocenters. The molecule has 6 amide bonds. The van der Waals surface area contributed by atoms with Gasteiger partial charge in [-0.05, 0) is 67.2 Å². The number of primary amides is 1. The molecule has 1 unspecified atom stereocenters. The molecule has 19 heteroatoms. The van der Waals surface area contributed by atoms with Gasteiger partial charge in [0.25, 0.3) is 17.7 Å². The van der Waals surface area contributed by atoms with E-state index >= 15 is 0 Å². The van der Waals surface area contributed by atoms with Gasteiger partial charge in [0.05, 0.1) is 37.8 Å². The van der Waals surface area contributed by atoms with Crippen molar-refractivity contribution in [2.45, 2.75) is 93.3 Å². The van der Waals surface area contributed by atoms with E-state index in [1.54, 1.807) is 54.8 Å². The van der Waals surface area contributed by atoms with Crippen LogP contribution in [0.1, 0.15) is 91.8 Å². The van der Waals surface area contributed by atoms with Gasteiger partial charge in [0.1, 0.15) is 17.8 Å². The maximum Gasteiger partial charge on any atom is 0.338 e. The van der Waals surface area contributed by atoms with E-state index < -0.39 is 81.5 Å². The first-order chi connectivity index (χ1) is 28.2. The molecule has 1 aromatic rings. The highest BCUT2D eigenvalue weighted by Gasteiger charge is 2.52. The Labute approximate surface area is 360 Å². The number of rotatable bonds is 15. The van der Waals surface area contributed by atoms with Crippen LogP contribution in [0.4, 0.5) is 0 Å². The van der Waals surface area contributed by atoms with Gasteiger partial charge in [0.2, 0.25) is 23.5 Å². The SMILES string of the molecule is CCCC(NC(=O)[C@@H]1CC2(CN1C(=O)[C@@H](NC(=O)c1ccc(Cl)c(Cl)c1C(=O)O)C1CCCCC1)SCCCS2)C(=O)C(=O)NCC(=O)NC(C(N)=O)=C1C=CC=CC1. The molecule has 2 aliphatic carbocycles. The number of carboxylic acids is 1. The predicted molar refractivity (Wildman–Crippen MR) is 226 cm³/mol. The van der Waals surface area contributed by atoms with Crippen LogP contribution in [0.2, 0.25) is 10.0 Å². The van der Waals surface area contributed by atoms with E-state index in [1.807, 2.05) is 0 Å². The highest BCUT2D eigenvalue weighted by Crippen LogP contribution is 2.50. The molecular formula is C40H48Cl2N6O9S2. The van der Waals surface area contributed by atoms with Gasteiger partial charge in [-0.1, -0.05) is 80.1 Å². The summed E-state index contributed by atoms with van der Waals surface area (Å²) < 4.78 is -0.547. The first-order valence-electron chi connectivity index (χ1n) is 19.5. The number of nitrogens with one attached hydrogen (secondary N) is 4. The minimum absolute atomic E-state index is 0.0561. The Morgan fingerprint density at radius 3 is 2.32 bits per heavy atom. The average Bonchev–Trinajstić information content (AvgIpc) is 3.60. The predicted octanol–water partition coefficient (Wildman–Crippen LogP) is 3.88. The van der Waals surface area contributed by atoms with E-state index in [-0.39, 0.29) is 46.6 Å². The number of halogens is 2. The van der Waals surface area contributed by atoms with E-state index in [0.29, 0.717) is 31.3 Å². The fourth-order valence-corrected chi connectivity index (χ4v) is 11.5. The van der Waals surface area contributed by atoms with Crippen molar-refractivity contribution in [1.29, 1.82) is 0 Å². The van der Waals surface area contributed by atoms with E-state index in [1.165, 1.54) is 17.0 Å². The Morgan fingerprint density at radius 1 is 0.983 bits per heavy atom. The second kappa shape index (κ2) is 20.8. The number of carbonyl (C=O) groups excluding carboxylic acids is 7. The minimum Gasteiger partial charge on any atom is -0.478 e. The maximum atomic E-state index is 14.9. The fraction of sp³-hybridized carbons (Fsp3) is 0.500. The summed E-state index contributed by atoms with van der Waals surface area (Å²) in [7, 11) is 0. The van der Waals surface area contributed by atoms with Crippen molar-refractivity contribution in [3.05, 3.63) is 68.9 Å². The largest absolute Gasteiger partial charge is 0.478 e. The van der Waals surface area contributed by atoms with Crippen LogP contribution in [0.3, 0.4) is 0 Å². The molecule has 0 radical (unpaired) electrons. The number of carbonyl (C=O) groups is 8. The number of aromatic carboxylic acids is 1. The standard InChI is InChI=1S/C40H48Cl2N6O9S2/c1-2-10-26(33(50)37(54)44-20-28(49)46-31(34(43)51)22-11-5-3-6-12-22)45-36(53)27-19-40(58-17-9-18-59-40)21-48(27)38(55)32(23-13-7-4-8-14-23)47-35(52)24-15-16-25(41)30(42)29(24)39(56)57/h3,5-6,11,15-16,23,26-27,32H,2,4,7-10,12-14,17-21H2,1H3,(H2,43,51)(H,44,54)(H,45,53)(H,46,49)(H,47,52)(H,56,57)/t26?,27-,32-/m0/s1. The second-order valence-electron chi connectivity index (χ2n) is 14.8. The average molecular weight is 892 g/mol.